The van der Waals surface area contributed by atoms with Gasteiger partial charge < -0.3 is 15.2 Å². The van der Waals surface area contributed by atoms with Gasteiger partial charge in [-0.25, -0.2) is 0 Å². The Morgan fingerprint density at radius 1 is 1.07 bits per heavy atom. The third-order valence-corrected chi connectivity index (χ3v) is 4.09. The summed E-state index contributed by atoms with van der Waals surface area (Å²) in [5.74, 6) is -0.436. The summed E-state index contributed by atoms with van der Waals surface area (Å²) in [7, 11) is 0. The molecule has 2 N–H and O–H groups in total. The molecule has 1 fully saturated rings. The van der Waals surface area contributed by atoms with E-state index in [1.54, 1.807) is 6.07 Å². The molecule has 0 spiro atoms. The van der Waals surface area contributed by atoms with Gasteiger partial charge in [0.1, 0.15) is 23.3 Å². The van der Waals surface area contributed by atoms with Crippen LogP contribution in [0.4, 0.5) is 18.9 Å². The van der Waals surface area contributed by atoms with Crippen LogP contribution in [0.3, 0.4) is 0 Å². The van der Waals surface area contributed by atoms with E-state index in [1.165, 1.54) is 36.4 Å². The van der Waals surface area contributed by atoms with Crippen molar-refractivity contribution in [2.24, 2.45) is 5.92 Å². The number of nitrogens with one attached hydrogen (secondary N) is 1. The first-order valence-electron chi connectivity index (χ1n) is 8.37. The maximum Gasteiger partial charge on any atom is 0.416 e. The number of halogens is 3. The molecular formula is C20H15F3N2O3. The average Bonchev–Trinajstić information content (AvgIpc) is 3.49. The topological polar surface area (TPSA) is 82.4 Å². The highest BCUT2D eigenvalue weighted by molar-refractivity contribution is 6.07. The van der Waals surface area contributed by atoms with Gasteiger partial charge in [-0.1, -0.05) is 0 Å². The molecule has 0 saturated heterocycles. The zero-order chi connectivity index (χ0) is 20.3. The molecule has 8 heteroatoms. The minimum Gasteiger partial charge on any atom is -0.510 e. The van der Waals surface area contributed by atoms with Gasteiger partial charge in [0.25, 0.3) is 5.91 Å². The number of nitrogens with zero attached hydrogens (tertiary/aromatic N) is 1. The molecule has 1 saturated carbocycles. The summed E-state index contributed by atoms with van der Waals surface area (Å²) >= 11 is 0. The average molecular weight is 388 g/mol. The number of carbonyl (C=O) groups is 1. The summed E-state index contributed by atoms with van der Waals surface area (Å²) in [5, 5.41) is 21.5. The Kier molecular flexibility index (Phi) is 5.27. The molecule has 0 atom stereocenters. The van der Waals surface area contributed by atoms with Gasteiger partial charge in [-0.3, -0.25) is 4.79 Å². The van der Waals surface area contributed by atoms with E-state index >= 15 is 0 Å². The van der Waals surface area contributed by atoms with E-state index in [1.807, 2.05) is 0 Å². The van der Waals surface area contributed by atoms with Gasteiger partial charge in [0, 0.05) is 11.6 Å². The van der Waals surface area contributed by atoms with Gasteiger partial charge in [0.2, 0.25) is 0 Å². The standard InChI is InChI=1S/C20H15F3N2O3/c21-20(22,23)13-3-7-15(8-4-13)28-16-9-5-14(6-10-16)25-19(27)17(11-24)18(26)12-1-2-12/h3-10,12,26H,1-2H2,(H,25,27)/b18-17-. The fourth-order valence-corrected chi connectivity index (χ4v) is 2.43. The molecule has 3 rings (SSSR count). The van der Waals surface area contributed by atoms with Crippen LogP contribution in [0.15, 0.2) is 59.9 Å². The maximum atomic E-state index is 12.6. The van der Waals surface area contributed by atoms with Crippen molar-refractivity contribution in [2.75, 3.05) is 5.32 Å². The van der Waals surface area contributed by atoms with Crippen molar-refractivity contribution in [1.82, 2.24) is 0 Å². The number of allylic oxidation sites excluding steroid dienone is 1. The van der Waals surface area contributed by atoms with Crippen molar-refractivity contribution in [2.45, 2.75) is 19.0 Å². The number of aliphatic hydroxyl groups excluding tert-OH is 1. The third-order valence-electron chi connectivity index (χ3n) is 4.09. The number of hydrogen-bond acceptors (Lipinski definition) is 4. The number of anilines is 1. The van der Waals surface area contributed by atoms with Crippen LogP contribution in [0.1, 0.15) is 18.4 Å². The first-order chi connectivity index (χ1) is 13.3. The molecule has 0 unspecified atom stereocenters. The van der Waals surface area contributed by atoms with E-state index in [0.29, 0.717) is 11.4 Å². The highest BCUT2D eigenvalue weighted by Crippen LogP contribution is 2.36. The van der Waals surface area contributed by atoms with Crippen LogP contribution in [0.25, 0.3) is 0 Å². The Bertz CT molecular complexity index is 939. The minimum absolute atomic E-state index is 0.125. The van der Waals surface area contributed by atoms with Crippen LogP contribution in [0.5, 0.6) is 11.5 Å². The number of nitriles is 1. The second-order valence-electron chi connectivity index (χ2n) is 6.25. The first-order valence-corrected chi connectivity index (χ1v) is 8.37. The van der Waals surface area contributed by atoms with E-state index in [4.69, 9.17) is 10.00 Å². The summed E-state index contributed by atoms with van der Waals surface area (Å²) in [6, 6.07) is 12.0. The second-order valence-corrected chi connectivity index (χ2v) is 6.25. The molecule has 28 heavy (non-hydrogen) atoms. The van der Waals surface area contributed by atoms with E-state index in [2.05, 4.69) is 5.32 Å². The molecular weight excluding hydrogens is 373 g/mol. The summed E-state index contributed by atoms with van der Waals surface area (Å²) in [5.41, 5.74) is -0.706. The summed E-state index contributed by atoms with van der Waals surface area (Å²) in [4.78, 5) is 12.1. The number of ether oxygens (including phenoxy) is 1. The summed E-state index contributed by atoms with van der Waals surface area (Å²) in [6.07, 6.45) is -2.91. The van der Waals surface area contributed by atoms with Crippen molar-refractivity contribution in [1.29, 1.82) is 5.26 Å². The SMILES string of the molecule is N#C/C(C(=O)Nc1ccc(Oc2ccc(C(F)(F)F)cc2)cc1)=C(/O)C1CC1. The Hall–Kier alpha value is -3.47. The molecule has 1 aliphatic rings. The third kappa shape index (κ3) is 4.62. The van der Waals surface area contributed by atoms with Crippen molar-refractivity contribution in [3.63, 3.8) is 0 Å². The highest BCUT2D eigenvalue weighted by Gasteiger charge is 2.31. The molecule has 0 aliphatic heterocycles. The molecule has 1 aliphatic carbocycles. The fraction of sp³-hybridized carbons (Fsp3) is 0.200. The summed E-state index contributed by atoms with van der Waals surface area (Å²) < 4.78 is 43.2. The normalized spacial score (nSPS) is 14.6. The number of benzene rings is 2. The Morgan fingerprint density at radius 3 is 2.07 bits per heavy atom. The largest absolute Gasteiger partial charge is 0.510 e. The Morgan fingerprint density at radius 2 is 1.61 bits per heavy atom. The first kappa shape index (κ1) is 19.3. The van der Waals surface area contributed by atoms with Gasteiger partial charge >= 0.3 is 6.18 Å². The zero-order valence-corrected chi connectivity index (χ0v) is 14.5. The van der Waals surface area contributed by atoms with Gasteiger partial charge in [0.15, 0.2) is 5.57 Å². The van der Waals surface area contributed by atoms with Crippen LogP contribution in [-0.4, -0.2) is 11.0 Å². The summed E-state index contributed by atoms with van der Waals surface area (Å²) in [6.45, 7) is 0. The number of alkyl halides is 3. The molecule has 1 amide bonds. The van der Waals surface area contributed by atoms with Crippen molar-refractivity contribution >= 4 is 11.6 Å². The lowest BCUT2D eigenvalue weighted by Gasteiger charge is -2.10. The van der Waals surface area contributed by atoms with Crippen LogP contribution in [-0.2, 0) is 11.0 Å². The number of aliphatic hydroxyl groups is 1. The molecule has 144 valence electrons. The molecule has 0 bridgehead atoms. The Labute approximate surface area is 158 Å². The smallest absolute Gasteiger partial charge is 0.416 e. The van der Waals surface area contributed by atoms with Gasteiger partial charge in [-0.05, 0) is 61.4 Å². The zero-order valence-electron chi connectivity index (χ0n) is 14.5. The van der Waals surface area contributed by atoms with Crippen LogP contribution in [0, 0.1) is 17.2 Å². The molecule has 0 aromatic heterocycles. The van der Waals surface area contributed by atoms with E-state index in [9.17, 15) is 23.1 Å². The van der Waals surface area contributed by atoms with Crippen molar-refractivity contribution < 1.29 is 27.8 Å². The number of rotatable bonds is 5. The molecule has 0 radical (unpaired) electrons. The van der Waals surface area contributed by atoms with E-state index in [0.717, 1.165) is 25.0 Å². The van der Waals surface area contributed by atoms with Gasteiger partial charge in [-0.2, -0.15) is 18.4 Å². The molecule has 2 aromatic carbocycles. The minimum atomic E-state index is -4.41. The van der Waals surface area contributed by atoms with E-state index < -0.39 is 17.6 Å². The lowest BCUT2D eigenvalue weighted by atomic mass is 10.1. The van der Waals surface area contributed by atoms with Crippen LogP contribution in [0.2, 0.25) is 0 Å². The van der Waals surface area contributed by atoms with Gasteiger partial charge in [-0.15, -0.1) is 0 Å². The quantitative estimate of drug-likeness (QED) is 0.420. The van der Waals surface area contributed by atoms with Crippen molar-refractivity contribution in [3.05, 3.63) is 65.4 Å². The maximum absolute atomic E-state index is 12.6. The number of amides is 1. The predicted octanol–water partition coefficient (Wildman–Crippen LogP) is 5.18. The van der Waals surface area contributed by atoms with Crippen LogP contribution < -0.4 is 10.1 Å². The predicted molar refractivity (Wildman–Crippen MR) is 94.6 cm³/mol. The van der Waals surface area contributed by atoms with Gasteiger partial charge in [0.05, 0.1) is 5.56 Å². The molecule has 2 aromatic rings. The lowest BCUT2D eigenvalue weighted by molar-refractivity contribution is -0.137. The highest BCUT2D eigenvalue weighted by atomic mass is 19.4. The molecule has 0 heterocycles. The second kappa shape index (κ2) is 7.64. The number of hydrogen-bond donors (Lipinski definition) is 2. The molecule has 5 nitrogen and oxygen atoms in total. The lowest BCUT2D eigenvalue weighted by Crippen LogP contribution is -2.15. The number of carbonyl (C=O) groups excluding carboxylic acids is 1. The Balaban J connectivity index is 1.64. The monoisotopic (exact) mass is 388 g/mol. The fourth-order valence-electron chi connectivity index (χ4n) is 2.43. The van der Waals surface area contributed by atoms with E-state index in [-0.39, 0.29) is 23.0 Å². The van der Waals surface area contributed by atoms with Crippen molar-refractivity contribution in [3.8, 4) is 17.6 Å². The van der Waals surface area contributed by atoms with Crippen LogP contribution >= 0.6 is 0 Å².